The number of phenolic OH excluding ortho intramolecular Hbond substituents is 1. The molecule has 0 fully saturated rings. The molecule has 0 heterocycles. The van der Waals surface area contributed by atoms with Crippen LogP contribution in [0.2, 0.25) is 0 Å². The lowest BCUT2D eigenvalue weighted by Crippen LogP contribution is -2.21. The van der Waals surface area contributed by atoms with Crippen LogP contribution >= 0.6 is 0 Å². The number of carbonyl (C=O) groups excluding carboxylic acids is 1. The lowest BCUT2D eigenvalue weighted by Gasteiger charge is -2.30. The minimum Gasteiger partial charge on any atom is -0.506 e. The Morgan fingerprint density at radius 3 is 2.23 bits per heavy atom. The number of anilines is 1. The molecular formula is C27H39NO3. The van der Waals surface area contributed by atoms with Crippen molar-refractivity contribution in [3.05, 3.63) is 47.5 Å². The van der Waals surface area contributed by atoms with E-state index < -0.39 is 0 Å². The third-order valence-electron chi connectivity index (χ3n) is 6.34. The number of amides is 1. The maximum absolute atomic E-state index is 12.4. The molecule has 2 aromatic carbocycles. The van der Waals surface area contributed by atoms with Gasteiger partial charge in [0, 0.05) is 12.0 Å². The molecule has 4 heteroatoms. The minimum absolute atomic E-state index is 0.00496. The second-order valence-corrected chi connectivity index (χ2v) is 10.1. The van der Waals surface area contributed by atoms with Crippen LogP contribution in [0.5, 0.6) is 17.2 Å². The second-order valence-electron chi connectivity index (χ2n) is 10.1. The summed E-state index contributed by atoms with van der Waals surface area (Å²) in [6, 6.07) is 11.4. The first-order chi connectivity index (χ1) is 14.4. The molecule has 0 aliphatic carbocycles. The zero-order chi connectivity index (χ0) is 23.4. The third-order valence-corrected chi connectivity index (χ3v) is 6.34. The quantitative estimate of drug-likeness (QED) is 0.408. The molecule has 0 aliphatic heterocycles. The van der Waals surface area contributed by atoms with Gasteiger partial charge in [-0.25, -0.2) is 0 Å². The number of ether oxygens (including phenoxy) is 1. The Morgan fingerprint density at radius 1 is 1.00 bits per heavy atom. The van der Waals surface area contributed by atoms with Crippen LogP contribution in [0, 0.1) is 5.92 Å². The molecule has 31 heavy (non-hydrogen) atoms. The highest BCUT2D eigenvalue weighted by atomic mass is 16.5. The van der Waals surface area contributed by atoms with Crippen LogP contribution in [0.1, 0.15) is 85.8 Å². The first-order valence-corrected chi connectivity index (χ1v) is 11.4. The van der Waals surface area contributed by atoms with E-state index in [1.54, 1.807) is 18.2 Å². The predicted octanol–water partition coefficient (Wildman–Crippen LogP) is 7.54. The molecule has 0 atom stereocenters. The highest BCUT2D eigenvalue weighted by Gasteiger charge is 2.27. The van der Waals surface area contributed by atoms with Crippen molar-refractivity contribution in [2.24, 2.45) is 5.92 Å². The van der Waals surface area contributed by atoms with Crippen molar-refractivity contribution in [1.82, 2.24) is 0 Å². The van der Waals surface area contributed by atoms with Gasteiger partial charge in [0.1, 0.15) is 17.2 Å². The number of aromatic hydroxyl groups is 1. The molecule has 170 valence electrons. The molecule has 0 bridgehead atoms. The molecular weight excluding hydrogens is 386 g/mol. The molecule has 0 aliphatic rings. The molecule has 0 saturated heterocycles. The number of nitrogens with one attached hydrogen (secondary N) is 1. The summed E-state index contributed by atoms with van der Waals surface area (Å²) in [6.45, 7) is 17.3. The van der Waals surface area contributed by atoms with E-state index in [4.69, 9.17) is 4.74 Å². The van der Waals surface area contributed by atoms with Gasteiger partial charge in [0.05, 0.1) is 0 Å². The fourth-order valence-electron chi connectivity index (χ4n) is 3.37. The normalized spacial score (nSPS) is 12.2. The Morgan fingerprint density at radius 2 is 1.65 bits per heavy atom. The maximum Gasteiger partial charge on any atom is 0.224 e. The van der Waals surface area contributed by atoms with Gasteiger partial charge in [-0.2, -0.15) is 0 Å². The molecule has 0 unspecified atom stereocenters. The molecule has 2 rings (SSSR count). The van der Waals surface area contributed by atoms with Gasteiger partial charge in [0.15, 0.2) is 5.75 Å². The van der Waals surface area contributed by atoms with Crippen molar-refractivity contribution < 1.29 is 14.6 Å². The largest absolute Gasteiger partial charge is 0.506 e. The summed E-state index contributed by atoms with van der Waals surface area (Å²) in [5.41, 5.74) is 2.69. The van der Waals surface area contributed by atoms with Crippen LogP contribution in [0.4, 0.5) is 5.69 Å². The SMILES string of the molecule is CCC(C)(C)c1ccc(Oc2cccc(O)c2NC(=O)CC(C)C)c(C(C)(C)CC)c1. The fraction of sp³-hybridized carbons (Fsp3) is 0.519. The van der Waals surface area contributed by atoms with E-state index in [-0.39, 0.29) is 28.4 Å². The topological polar surface area (TPSA) is 58.6 Å². The van der Waals surface area contributed by atoms with Crippen molar-refractivity contribution in [2.75, 3.05) is 5.32 Å². The van der Waals surface area contributed by atoms with Gasteiger partial charge in [-0.3, -0.25) is 4.79 Å². The van der Waals surface area contributed by atoms with Crippen LogP contribution in [-0.2, 0) is 15.6 Å². The molecule has 4 nitrogen and oxygen atoms in total. The monoisotopic (exact) mass is 425 g/mol. The van der Waals surface area contributed by atoms with Gasteiger partial charge in [-0.05, 0) is 53.4 Å². The highest BCUT2D eigenvalue weighted by molar-refractivity contribution is 5.94. The van der Waals surface area contributed by atoms with Crippen molar-refractivity contribution >= 4 is 11.6 Å². The van der Waals surface area contributed by atoms with Crippen molar-refractivity contribution in [1.29, 1.82) is 0 Å². The van der Waals surface area contributed by atoms with Crippen LogP contribution in [0.3, 0.4) is 0 Å². The Kier molecular flexibility index (Phi) is 7.80. The van der Waals surface area contributed by atoms with Crippen LogP contribution in [0.15, 0.2) is 36.4 Å². The number of phenols is 1. The third kappa shape index (κ3) is 6.03. The zero-order valence-corrected chi connectivity index (χ0v) is 20.4. The number of para-hydroxylation sites is 1. The molecule has 0 radical (unpaired) electrons. The van der Waals surface area contributed by atoms with E-state index in [0.717, 1.165) is 24.2 Å². The number of benzene rings is 2. The van der Waals surface area contributed by atoms with Crippen LogP contribution in [0.25, 0.3) is 0 Å². The van der Waals surface area contributed by atoms with Gasteiger partial charge in [-0.1, -0.05) is 73.6 Å². The summed E-state index contributed by atoms with van der Waals surface area (Å²) in [6.07, 6.45) is 2.37. The highest BCUT2D eigenvalue weighted by Crippen LogP contribution is 2.43. The molecule has 0 spiro atoms. The van der Waals surface area contributed by atoms with E-state index in [0.29, 0.717) is 17.9 Å². The first-order valence-electron chi connectivity index (χ1n) is 11.4. The first kappa shape index (κ1) is 24.8. The lowest BCUT2D eigenvalue weighted by molar-refractivity contribution is -0.116. The molecule has 0 saturated carbocycles. The summed E-state index contributed by atoms with van der Waals surface area (Å²) in [7, 11) is 0. The Hall–Kier alpha value is -2.49. The van der Waals surface area contributed by atoms with Gasteiger partial charge < -0.3 is 15.2 Å². The minimum atomic E-state index is -0.143. The van der Waals surface area contributed by atoms with Gasteiger partial charge >= 0.3 is 0 Å². The summed E-state index contributed by atoms with van der Waals surface area (Å²) in [5.74, 6) is 1.26. The average molecular weight is 426 g/mol. The summed E-state index contributed by atoms with van der Waals surface area (Å²) >= 11 is 0. The Labute approximate surface area is 188 Å². The summed E-state index contributed by atoms with van der Waals surface area (Å²) < 4.78 is 6.34. The molecule has 1 amide bonds. The van der Waals surface area contributed by atoms with Gasteiger partial charge in [0.2, 0.25) is 5.91 Å². The van der Waals surface area contributed by atoms with Crippen LogP contribution in [-0.4, -0.2) is 11.0 Å². The zero-order valence-electron chi connectivity index (χ0n) is 20.4. The van der Waals surface area contributed by atoms with E-state index in [2.05, 4.69) is 59.0 Å². The molecule has 0 aromatic heterocycles. The van der Waals surface area contributed by atoms with Gasteiger partial charge in [-0.15, -0.1) is 0 Å². The number of rotatable bonds is 9. The second kappa shape index (κ2) is 9.76. The summed E-state index contributed by atoms with van der Waals surface area (Å²) in [4.78, 5) is 12.4. The summed E-state index contributed by atoms with van der Waals surface area (Å²) in [5, 5.41) is 13.2. The molecule has 2 N–H and O–H groups in total. The van der Waals surface area contributed by atoms with Crippen molar-refractivity contribution in [3.8, 4) is 17.2 Å². The number of carbonyl (C=O) groups is 1. The standard InChI is InChI=1S/C27H39NO3/c1-9-26(5,6)19-14-15-22(20(17-19)27(7,8)10-2)31-23-13-11-12-21(29)25(23)28-24(30)16-18(3)4/h11-15,17-18,29H,9-10,16H2,1-8H3,(H,28,30). The predicted molar refractivity (Wildman–Crippen MR) is 129 cm³/mol. The molecule has 2 aromatic rings. The van der Waals surface area contributed by atoms with E-state index >= 15 is 0 Å². The van der Waals surface area contributed by atoms with E-state index in [1.807, 2.05) is 19.9 Å². The van der Waals surface area contributed by atoms with E-state index in [9.17, 15) is 9.90 Å². The number of hydrogen-bond donors (Lipinski definition) is 2. The van der Waals surface area contributed by atoms with Crippen LogP contribution < -0.4 is 10.1 Å². The Bertz CT molecular complexity index is 913. The van der Waals surface area contributed by atoms with E-state index in [1.165, 1.54) is 5.56 Å². The smallest absolute Gasteiger partial charge is 0.224 e. The maximum atomic E-state index is 12.4. The Balaban J connectivity index is 2.51. The average Bonchev–Trinajstić information content (AvgIpc) is 2.70. The lowest BCUT2D eigenvalue weighted by atomic mass is 9.76. The fourth-order valence-corrected chi connectivity index (χ4v) is 3.37. The number of hydrogen-bond acceptors (Lipinski definition) is 3. The van der Waals surface area contributed by atoms with Gasteiger partial charge in [0.25, 0.3) is 0 Å². The van der Waals surface area contributed by atoms with Crippen molar-refractivity contribution in [3.63, 3.8) is 0 Å². The van der Waals surface area contributed by atoms with Crippen molar-refractivity contribution in [2.45, 2.75) is 85.5 Å².